The first-order valence-electron chi connectivity index (χ1n) is 7.02. The fourth-order valence-electron chi connectivity index (χ4n) is 1.74. The van der Waals surface area contributed by atoms with Gasteiger partial charge in [-0.25, -0.2) is 4.39 Å². The van der Waals surface area contributed by atoms with Crippen LogP contribution in [-0.2, 0) is 9.53 Å². The third kappa shape index (κ3) is 5.57. The molecule has 0 heterocycles. The predicted octanol–water partition coefficient (Wildman–Crippen LogP) is 3.33. The molecule has 1 rings (SSSR count). The number of halogens is 1. The Morgan fingerprint density at radius 3 is 2.85 bits per heavy atom. The second-order valence-corrected chi connectivity index (χ2v) is 4.80. The fraction of sp³-hybridized carbons (Fsp3) is 0.533. The van der Waals surface area contributed by atoms with Gasteiger partial charge in [0.05, 0.1) is 5.69 Å². The smallest absolute Gasteiger partial charge is 0.253 e. The molecule has 112 valence electrons. The van der Waals surface area contributed by atoms with E-state index in [1.807, 2.05) is 0 Å². The van der Waals surface area contributed by atoms with Gasteiger partial charge < -0.3 is 15.8 Å². The van der Waals surface area contributed by atoms with E-state index >= 15 is 0 Å². The van der Waals surface area contributed by atoms with E-state index in [2.05, 4.69) is 12.2 Å². The zero-order valence-electron chi connectivity index (χ0n) is 12.1. The topological polar surface area (TPSA) is 64.3 Å². The molecule has 20 heavy (non-hydrogen) atoms. The average Bonchev–Trinajstić information content (AvgIpc) is 2.42. The number of amides is 1. The highest BCUT2D eigenvalue weighted by molar-refractivity contribution is 5.94. The summed E-state index contributed by atoms with van der Waals surface area (Å²) < 4.78 is 18.9. The van der Waals surface area contributed by atoms with Crippen LogP contribution in [0, 0.1) is 5.82 Å². The van der Waals surface area contributed by atoms with Crippen LogP contribution in [0.25, 0.3) is 0 Å². The van der Waals surface area contributed by atoms with Gasteiger partial charge in [0.1, 0.15) is 11.9 Å². The highest BCUT2D eigenvalue weighted by Gasteiger charge is 2.15. The highest BCUT2D eigenvalue weighted by atomic mass is 19.1. The van der Waals surface area contributed by atoms with Crippen molar-refractivity contribution >= 4 is 17.3 Å². The third-order valence-corrected chi connectivity index (χ3v) is 2.98. The Bertz CT molecular complexity index is 438. The standard InChI is InChI=1S/C15H23FN2O2/c1-3-4-5-6-9-20-11(2)15(19)18-14-10-12(17)7-8-13(14)16/h7-8,10-11H,3-6,9,17H2,1-2H3,(H,18,19). The Balaban J connectivity index is 2.39. The second kappa shape index (κ2) is 8.53. The summed E-state index contributed by atoms with van der Waals surface area (Å²) in [4.78, 5) is 11.9. The van der Waals surface area contributed by atoms with Crippen molar-refractivity contribution in [3.8, 4) is 0 Å². The van der Waals surface area contributed by atoms with Gasteiger partial charge in [-0.2, -0.15) is 0 Å². The quantitative estimate of drug-likeness (QED) is 0.568. The van der Waals surface area contributed by atoms with Crippen molar-refractivity contribution in [1.82, 2.24) is 0 Å². The predicted molar refractivity (Wildman–Crippen MR) is 79.0 cm³/mol. The number of hydrogen-bond donors (Lipinski definition) is 2. The molecule has 3 N–H and O–H groups in total. The number of ether oxygens (including phenoxy) is 1. The molecule has 0 aliphatic carbocycles. The third-order valence-electron chi connectivity index (χ3n) is 2.98. The molecule has 0 aliphatic rings. The molecule has 0 spiro atoms. The molecule has 1 aromatic rings. The van der Waals surface area contributed by atoms with Crippen molar-refractivity contribution in [2.24, 2.45) is 0 Å². The summed E-state index contributed by atoms with van der Waals surface area (Å²) >= 11 is 0. The summed E-state index contributed by atoms with van der Waals surface area (Å²) in [7, 11) is 0. The van der Waals surface area contributed by atoms with Crippen LogP contribution in [0.3, 0.4) is 0 Å². The van der Waals surface area contributed by atoms with Gasteiger partial charge in [0, 0.05) is 12.3 Å². The van der Waals surface area contributed by atoms with Gasteiger partial charge in [-0.05, 0) is 31.5 Å². The summed E-state index contributed by atoms with van der Waals surface area (Å²) in [6.45, 7) is 4.32. The molecule has 4 nitrogen and oxygen atoms in total. The zero-order chi connectivity index (χ0) is 15.0. The molecule has 0 fully saturated rings. The van der Waals surface area contributed by atoms with Crippen LogP contribution >= 0.6 is 0 Å². The van der Waals surface area contributed by atoms with Gasteiger partial charge in [0.25, 0.3) is 5.91 Å². The molecule has 5 heteroatoms. The van der Waals surface area contributed by atoms with E-state index in [1.54, 1.807) is 6.92 Å². The maximum atomic E-state index is 13.5. The van der Waals surface area contributed by atoms with Crippen LogP contribution < -0.4 is 11.1 Å². The molecule has 0 aliphatic heterocycles. The Kier molecular flexibility index (Phi) is 7.01. The lowest BCUT2D eigenvalue weighted by atomic mass is 10.2. The number of hydrogen-bond acceptors (Lipinski definition) is 3. The lowest BCUT2D eigenvalue weighted by molar-refractivity contribution is -0.126. The number of nitrogens with one attached hydrogen (secondary N) is 1. The SMILES string of the molecule is CCCCCCOC(C)C(=O)Nc1cc(N)ccc1F. The van der Waals surface area contributed by atoms with Crippen molar-refractivity contribution < 1.29 is 13.9 Å². The molecule has 1 atom stereocenters. The maximum Gasteiger partial charge on any atom is 0.253 e. The van der Waals surface area contributed by atoms with Crippen molar-refractivity contribution in [3.05, 3.63) is 24.0 Å². The molecule has 1 aromatic carbocycles. The molecule has 1 amide bonds. The molecular weight excluding hydrogens is 259 g/mol. The number of carbonyl (C=O) groups excluding carboxylic acids is 1. The monoisotopic (exact) mass is 282 g/mol. The molecule has 0 bridgehead atoms. The van der Waals surface area contributed by atoms with Gasteiger partial charge in [-0.1, -0.05) is 26.2 Å². The van der Waals surface area contributed by atoms with E-state index in [9.17, 15) is 9.18 Å². The summed E-state index contributed by atoms with van der Waals surface area (Å²) in [5, 5.41) is 2.48. The van der Waals surface area contributed by atoms with Crippen LogP contribution in [-0.4, -0.2) is 18.6 Å². The number of unbranched alkanes of at least 4 members (excludes halogenated alkanes) is 3. The van der Waals surface area contributed by atoms with Crippen molar-refractivity contribution in [2.45, 2.75) is 45.6 Å². The summed E-state index contributed by atoms with van der Waals surface area (Å²) in [5.41, 5.74) is 6.03. The highest BCUT2D eigenvalue weighted by Crippen LogP contribution is 2.17. The van der Waals surface area contributed by atoms with Gasteiger partial charge in [-0.3, -0.25) is 4.79 Å². The fourth-order valence-corrected chi connectivity index (χ4v) is 1.74. The van der Waals surface area contributed by atoms with E-state index in [0.717, 1.165) is 19.3 Å². The second-order valence-electron chi connectivity index (χ2n) is 4.80. The first kappa shape index (κ1) is 16.4. The molecular formula is C15H23FN2O2. The minimum Gasteiger partial charge on any atom is -0.399 e. The van der Waals surface area contributed by atoms with Crippen LogP contribution in [0.2, 0.25) is 0 Å². The average molecular weight is 282 g/mol. The van der Waals surface area contributed by atoms with E-state index in [4.69, 9.17) is 10.5 Å². The Labute approximate surface area is 119 Å². The first-order chi connectivity index (χ1) is 9.54. The van der Waals surface area contributed by atoms with E-state index in [0.29, 0.717) is 12.3 Å². The van der Waals surface area contributed by atoms with Crippen LogP contribution in [0.5, 0.6) is 0 Å². The molecule has 0 saturated carbocycles. The Hall–Kier alpha value is -1.62. The number of nitrogen functional groups attached to an aromatic ring is 1. The van der Waals surface area contributed by atoms with E-state index < -0.39 is 11.9 Å². The Morgan fingerprint density at radius 1 is 1.40 bits per heavy atom. The summed E-state index contributed by atoms with van der Waals surface area (Å²) in [5.74, 6) is -0.882. The number of rotatable bonds is 8. The largest absolute Gasteiger partial charge is 0.399 e. The number of benzene rings is 1. The molecule has 0 radical (unpaired) electrons. The van der Waals surface area contributed by atoms with Gasteiger partial charge in [0.2, 0.25) is 0 Å². The van der Waals surface area contributed by atoms with Crippen LogP contribution in [0.4, 0.5) is 15.8 Å². The van der Waals surface area contributed by atoms with E-state index in [-0.39, 0.29) is 11.6 Å². The summed E-state index contributed by atoms with van der Waals surface area (Å²) in [6, 6.07) is 4.06. The minimum absolute atomic E-state index is 0.0800. The molecule has 0 saturated heterocycles. The lowest BCUT2D eigenvalue weighted by Gasteiger charge is -2.14. The van der Waals surface area contributed by atoms with Crippen molar-refractivity contribution in [3.63, 3.8) is 0 Å². The van der Waals surface area contributed by atoms with Gasteiger partial charge >= 0.3 is 0 Å². The van der Waals surface area contributed by atoms with Crippen molar-refractivity contribution in [2.75, 3.05) is 17.7 Å². The maximum absolute atomic E-state index is 13.5. The summed E-state index contributed by atoms with van der Waals surface area (Å²) in [6.07, 6.45) is 3.73. The van der Waals surface area contributed by atoms with Gasteiger partial charge in [0.15, 0.2) is 0 Å². The van der Waals surface area contributed by atoms with Gasteiger partial charge in [-0.15, -0.1) is 0 Å². The first-order valence-corrected chi connectivity index (χ1v) is 7.02. The normalized spacial score (nSPS) is 12.2. The van der Waals surface area contributed by atoms with Crippen LogP contribution in [0.15, 0.2) is 18.2 Å². The number of carbonyl (C=O) groups is 1. The zero-order valence-corrected chi connectivity index (χ0v) is 12.1. The van der Waals surface area contributed by atoms with Crippen molar-refractivity contribution in [1.29, 1.82) is 0 Å². The Morgan fingerprint density at radius 2 is 2.15 bits per heavy atom. The van der Waals surface area contributed by atoms with Crippen LogP contribution in [0.1, 0.15) is 39.5 Å². The molecule has 1 unspecified atom stereocenters. The number of nitrogens with two attached hydrogens (primary N) is 1. The number of anilines is 2. The minimum atomic E-state index is -0.613. The lowest BCUT2D eigenvalue weighted by Crippen LogP contribution is -2.28. The molecule has 0 aromatic heterocycles. The van der Waals surface area contributed by atoms with E-state index in [1.165, 1.54) is 24.6 Å².